The molecule has 0 aliphatic heterocycles. The lowest BCUT2D eigenvalue weighted by Gasteiger charge is -2.44. The van der Waals surface area contributed by atoms with E-state index in [0.29, 0.717) is 29.8 Å². The zero-order chi connectivity index (χ0) is 31.1. The van der Waals surface area contributed by atoms with Crippen molar-refractivity contribution in [1.29, 1.82) is 0 Å². The molecule has 0 spiro atoms. The predicted octanol–water partition coefficient (Wildman–Crippen LogP) is 6.89. The largest absolute Gasteiger partial charge is 0.508 e. The van der Waals surface area contributed by atoms with Gasteiger partial charge in [0.2, 0.25) is 5.91 Å². The van der Waals surface area contributed by atoms with E-state index < -0.39 is 41.1 Å². The highest BCUT2D eigenvalue weighted by Gasteiger charge is 2.43. The fourth-order valence-corrected chi connectivity index (χ4v) is 5.12. The van der Waals surface area contributed by atoms with Gasteiger partial charge in [0.25, 0.3) is 5.91 Å². The van der Waals surface area contributed by atoms with Crippen LogP contribution in [0.15, 0.2) is 66.7 Å². The van der Waals surface area contributed by atoms with Crippen LogP contribution in [0, 0.1) is 0 Å². The second-order valence-corrected chi connectivity index (χ2v) is 12.9. The van der Waals surface area contributed by atoms with Crippen LogP contribution in [0.1, 0.15) is 66.0 Å². The number of phenols is 1. The van der Waals surface area contributed by atoms with E-state index in [4.69, 9.17) is 4.74 Å². The molecule has 0 radical (unpaired) electrons. The Bertz CT molecular complexity index is 1400. The maximum atomic E-state index is 14.5. The fourth-order valence-electron chi connectivity index (χ4n) is 4.65. The molecule has 9 heteroatoms. The molecule has 8 nitrogen and oxygen atoms in total. The maximum absolute atomic E-state index is 14.5. The van der Waals surface area contributed by atoms with Crippen LogP contribution < -0.4 is 10.6 Å². The lowest BCUT2D eigenvalue weighted by Crippen LogP contribution is -2.59. The van der Waals surface area contributed by atoms with Crippen molar-refractivity contribution >= 4 is 46.1 Å². The normalized spacial score (nSPS) is 13.2. The Balaban J connectivity index is 2.09. The number of alkyl carbamates (subject to hydrolysis) is 1. The van der Waals surface area contributed by atoms with E-state index in [9.17, 15) is 19.5 Å². The molecule has 2 unspecified atom stereocenters. The summed E-state index contributed by atoms with van der Waals surface area (Å²) in [6.07, 6.45) is 2.09. The molecule has 42 heavy (non-hydrogen) atoms. The summed E-state index contributed by atoms with van der Waals surface area (Å²) in [5.41, 5.74) is -0.523. The summed E-state index contributed by atoms with van der Waals surface area (Å²) < 4.78 is 5.47. The van der Waals surface area contributed by atoms with Crippen LogP contribution in [0.4, 0.5) is 10.5 Å². The molecule has 3 aromatic rings. The van der Waals surface area contributed by atoms with E-state index >= 15 is 0 Å². The van der Waals surface area contributed by atoms with Crippen LogP contribution >= 0.6 is 11.8 Å². The van der Waals surface area contributed by atoms with E-state index in [1.54, 1.807) is 49.6 Å². The van der Waals surface area contributed by atoms with E-state index in [-0.39, 0.29) is 5.75 Å². The van der Waals surface area contributed by atoms with Gasteiger partial charge in [0, 0.05) is 11.2 Å². The third-order valence-corrected chi connectivity index (χ3v) is 7.71. The second-order valence-electron chi connectivity index (χ2n) is 11.9. The Kier molecular flexibility index (Phi) is 10.9. The zero-order valence-corrected chi connectivity index (χ0v) is 26.4. The smallest absolute Gasteiger partial charge is 0.408 e. The second kappa shape index (κ2) is 14.0. The van der Waals surface area contributed by atoms with E-state index in [1.807, 2.05) is 69.5 Å². The van der Waals surface area contributed by atoms with Crippen LogP contribution in [0.2, 0.25) is 0 Å². The van der Waals surface area contributed by atoms with Gasteiger partial charge >= 0.3 is 6.09 Å². The lowest BCUT2D eigenvalue weighted by molar-refractivity contribution is -0.147. The zero-order valence-electron chi connectivity index (χ0n) is 25.6. The summed E-state index contributed by atoms with van der Waals surface area (Å²) in [7, 11) is 0. The summed E-state index contributed by atoms with van der Waals surface area (Å²) in [6.45, 7) is 11.0. The minimum atomic E-state index is -1.11. The van der Waals surface area contributed by atoms with Crippen molar-refractivity contribution in [2.24, 2.45) is 0 Å². The average Bonchev–Trinajstić information content (AvgIpc) is 2.92. The summed E-state index contributed by atoms with van der Waals surface area (Å²) in [6, 6.07) is 17.8. The van der Waals surface area contributed by atoms with Crippen LogP contribution in [0.25, 0.3) is 10.8 Å². The fraction of sp³-hybridized carbons (Fsp3) is 0.424. The quantitative estimate of drug-likeness (QED) is 0.224. The number of nitrogens with zero attached hydrogens (tertiary/aromatic N) is 1. The monoisotopic (exact) mass is 593 g/mol. The van der Waals surface area contributed by atoms with Crippen LogP contribution in [-0.2, 0) is 14.3 Å². The SMILES string of the molecule is CCC(C)(C)N(C(=O)C(CCSC)NC(=O)OC(C)(C)C)C(C(=O)Nc1ccc2ccccc2c1)c1cccc(O)c1. The molecule has 0 bridgehead atoms. The minimum absolute atomic E-state index is 0.0245. The summed E-state index contributed by atoms with van der Waals surface area (Å²) in [4.78, 5) is 43.1. The first-order chi connectivity index (χ1) is 19.8. The van der Waals surface area contributed by atoms with E-state index in [2.05, 4.69) is 10.6 Å². The van der Waals surface area contributed by atoms with Gasteiger partial charge in [0.15, 0.2) is 0 Å². The van der Waals surface area contributed by atoms with Gasteiger partial charge in [-0.2, -0.15) is 11.8 Å². The van der Waals surface area contributed by atoms with Gasteiger partial charge in [0.1, 0.15) is 23.4 Å². The Hall–Kier alpha value is -3.72. The highest BCUT2D eigenvalue weighted by molar-refractivity contribution is 7.98. The summed E-state index contributed by atoms with van der Waals surface area (Å²) in [5.74, 6) is -0.272. The average molecular weight is 594 g/mol. The number of anilines is 1. The third kappa shape index (κ3) is 8.64. The van der Waals surface area contributed by atoms with Crippen molar-refractivity contribution in [3.8, 4) is 5.75 Å². The third-order valence-electron chi connectivity index (χ3n) is 7.06. The summed E-state index contributed by atoms with van der Waals surface area (Å²) in [5, 5.41) is 18.1. The van der Waals surface area contributed by atoms with Gasteiger partial charge in [-0.25, -0.2) is 4.79 Å². The number of phenolic OH excluding ortho intramolecular Hbond substituents is 1. The number of rotatable bonds is 11. The molecule has 2 atom stereocenters. The minimum Gasteiger partial charge on any atom is -0.508 e. The maximum Gasteiger partial charge on any atom is 0.408 e. The number of hydrogen-bond donors (Lipinski definition) is 3. The summed E-state index contributed by atoms with van der Waals surface area (Å²) >= 11 is 1.55. The topological polar surface area (TPSA) is 108 Å². The number of thioether (sulfide) groups is 1. The van der Waals surface area contributed by atoms with E-state index in [0.717, 1.165) is 10.8 Å². The Labute approximate surface area is 253 Å². The number of nitrogens with one attached hydrogen (secondary N) is 2. The number of hydrogen-bond acceptors (Lipinski definition) is 6. The molecule has 3 amide bonds. The van der Waals surface area contributed by atoms with Gasteiger partial charge in [-0.05, 0) is 100 Å². The molecule has 0 aromatic heterocycles. The molecule has 0 heterocycles. The highest BCUT2D eigenvalue weighted by atomic mass is 32.2. The molecular weight excluding hydrogens is 550 g/mol. The predicted molar refractivity (Wildman–Crippen MR) is 171 cm³/mol. The first-order valence-corrected chi connectivity index (χ1v) is 15.6. The number of benzene rings is 3. The van der Waals surface area contributed by atoms with Crippen LogP contribution in [-0.4, -0.2) is 57.1 Å². The van der Waals surface area contributed by atoms with Crippen molar-refractivity contribution < 1.29 is 24.2 Å². The van der Waals surface area contributed by atoms with Crippen LogP contribution in [0.5, 0.6) is 5.75 Å². The standard InChI is InChI=1S/C33H43N3O5S/c1-8-33(5,6)36(30(39)27(18-19-42-7)35-31(40)41-32(2,3)4)28(24-14-11-15-26(37)21-24)29(38)34-25-17-16-22-12-9-10-13-23(22)20-25/h9-17,20-21,27-28,37H,8,18-19H2,1-7H3,(H,34,38)(H,35,40). The Morgan fingerprint density at radius 1 is 0.952 bits per heavy atom. The molecule has 3 aromatic carbocycles. The van der Waals surface area contributed by atoms with Gasteiger partial charge in [-0.1, -0.05) is 49.4 Å². The van der Waals surface area contributed by atoms with Crippen molar-refractivity contribution in [2.45, 2.75) is 77.6 Å². The van der Waals surface area contributed by atoms with Crippen molar-refractivity contribution in [3.63, 3.8) is 0 Å². The van der Waals surface area contributed by atoms with Gasteiger partial charge in [-0.3, -0.25) is 9.59 Å². The Morgan fingerprint density at radius 2 is 1.64 bits per heavy atom. The molecular formula is C33H43N3O5S. The first kappa shape index (κ1) is 32.8. The molecule has 3 rings (SSSR count). The van der Waals surface area contributed by atoms with Crippen LogP contribution in [0.3, 0.4) is 0 Å². The van der Waals surface area contributed by atoms with Gasteiger partial charge in [-0.15, -0.1) is 0 Å². The van der Waals surface area contributed by atoms with Crippen molar-refractivity contribution in [3.05, 3.63) is 72.3 Å². The molecule has 0 saturated carbocycles. The van der Waals surface area contributed by atoms with Crippen molar-refractivity contribution in [2.75, 3.05) is 17.3 Å². The first-order valence-electron chi connectivity index (χ1n) is 14.2. The van der Waals surface area contributed by atoms with E-state index in [1.165, 1.54) is 12.1 Å². The molecule has 0 aliphatic rings. The molecule has 0 fully saturated rings. The van der Waals surface area contributed by atoms with Gasteiger partial charge < -0.3 is 25.4 Å². The number of aromatic hydroxyl groups is 1. The number of fused-ring (bicyclic) bond motifs is 1. The van der Waals surface area contributed by atoms with Crippen molar-refractivity contribution in [1.82, 2.24) is 10.2 Å². The Morgan fingerprint density at radius 3 is 2.26 bits per heavy atom. The molecule has 3 N–H and O–H groups in total. The molecule has 0 saturated heterocycles. The number of carbonyl (C=O) groups is 3. The molecule has 226 valence electrons. The molecule has 0 aliphatic carbocycles. The number of amides is 3. The van der Waals surface area contributed by atoms with Gasteiger partial charge in [0.05, 0.1) is 0 Å². The number of carbonyl (C=O) groups excluding carboxylic acids is 3. The number of ether oxygens (including phenoxy) is 1. The highest BCUT2D eigenvalue weighted by Crippen LogP contribution is 2.34. The lowest BCUT2D eigenvalue weighted by atomic mass is 9.91.